The summed E-state index contributed by atoms with van der Waals surface area (Å²) in [5, 5.41) is 3.32. The molecule has 1 saturated carbocycles. The number of nitrogens with one attached hydrogen (secondary N) is 1. The van der Waals surface area contributed by atoms with Gasteiger partial charge in [0.1, 0.15) is 12.1 Å². The van der Waals surface area contributed by atoms with E-state index in [1.807, 2.05) is 0 Å². The number of nitrogens with zero attached hydrogens (tertiary/aromatic N) is 2. The number of hydrogen-bond donors (Lipinski definition) is 1. The molecule has 0 atom stereocenters. The van der Waals surface area contributed by atoms with Crippen LogP contribution in [0, 0.1) is 5.41 Å². The van der Waals surface area contributed by atoms with Crippen LogP contribution in [-0.2, 0) is 0 Å². The summed E-state index contributed by atoms with van der Waals surface area (Å²) in [4.78, 5) is 8.05. The highest BCUT2D eigenvalue weighted by Crippen LogP contribution is 2.44. The largest absolute Gasteiger partial charge is 0.368 e. The van der Waals surface area contributed by atoms with Crippen LogP contribution in [0.25, 0.3) is 0 Å². The van der Waals surface area contributed by atoms with Crippen molar-refractivity contribution in [1.29, 1.82) is 0 Å². The highest BCUT2D eigenvalue weighted by molar-refractivity contribution is 9.10. The van der Waals surface area contributed by atoms with Gasteiger partial charge in [0, 0.05) is 12.7 Å². The van der Waals surface area contributed by atoms with Gasteiger partial charge in [-0.3, -0.25) is 0 Å². The Hall–Kier alpha value is -0.640. The molecule has 4 heteroatoms. The molecule has 0 unspecified atom stereocenters. The van der Waals surface area contributed by atoms with E-state index >= 15 is 0 Å². The molecular weight excluding hydrogens is 230 g/mol. The fraction of sp³-hybridized carbons (Fsp3) is 0.556. The Labute approximate surface area is 86.1 Å². The third-order valence-corrected chi connectivity index (χ3v) is 3.03. The van der Waals surface area contributed by atoms with Gasteiger partial charge in [0.2, 0.25) is 0 Å². The van der Waals surface area contributed by atoms with Gasteiger partial charge >= 0.3 is 0 Å². The second-order valence-electron chi connectivity index (χ2n) is 3.88. The Bertz CT molecular complexity index is 309. The van der Waals surface area contributed by atoms with Crippen molar-refractivity contribution in [2.75, 3.05) is 11.9 Å². The second-order valence-corrected chi connectivity index (χ2v) is 4.74. The molecule has 0 aromatic carbocycles. The van der Waals surface area contributed by atoms with Crippen LogP contribution in [0.3, 0.4) is 0 Å². The molecule has 2 rings (SSSR count). The summed E-state index contributed by atoms with van der Waals surface area (Å²) in [5.41, 5.74) is 0.504. The molecule has 70 valence electrons. The molecule has 1 fully saturated rings. The van der Waals surface area contributed by atoms with Crippen LogP contribution in [-0.4, -0.2) is 16.5 Å². The number of hydrogen-bond acceptors (Lipinski definition) is 3. The van der Waals surface area contributed by atoms with E-state index in [9.17, 15) is 0 Å². The average molecular weight is 242 g/mol. The van der Waals surface area contributed by atoms with Gasteiger partial charge in [0.25, 0.3) is 0 Å². The molecule has 0 radical (unpaired) electrons. The monoisotopic (exact) mass is 241 g/mol. The van der Waals surface area contributed by atoms with Gasteiger partial charge in [-0.15, -0.1) is 0 Å². The minimum absolute atomic E-state index is 0.504. The molecule has 1 aromatic heterocycles. The second kappa shape index (κ2) is 3.25. The Kier molecular flexibility index (Phi) is 2.24. The van der Waals surface area contributed by atoms with E-state index in [1.54, 1.807) is 12.5 Å². The Morgan fingerprint density at radius 1 is 1.62 bits per heavy atom. The first-order chi connectivity index (χ1) is 6.20. The average Bonchev–Trinajstić information content (AvgIpc) is 2.83. The molecule has 0 bridgehead atoms. The summed E-state index contributed by atoms with van der Waals surface area (Å²) in [6.07, 6.45) is 5.96. The van der Waals surface area contributed by atoms with Gasteiger partial charge in [-0.05, 0) is 34.2 Å². The predicted molar refractivity (Wildman–Crippen MR) is 55.6 cm³/mol. The predicted octanol–water partition coefficient (Wildman–Crippen LogP) is 2.45. The van der Waals surface area contributed by atoms with Gasteiger partial charge in [0.05, 0.1) is 4.47 Å². The normalized spacial score (nSPS) is 18.3. The SMILES string of the molecule is CC1(CNc2ncncc2Br)CC1. The first kappa shape index (κ1) is 8.94. The topological polar surface area (TPSA) is 37.8 Å². The lowest BCUT2D eigenvalue weighted by Gasteiger charge is -2.10. The van der Waals surface area contributed by atoms with Gasteiger partial charge in [-0.1, -0.05) is 6.92 Å². The minimum Gasteiger partial charge on any atom is -0.368 e. The lowest BCUT2D eigenvalue weighted by Crippen LogP contribution is -2.12. The maximum Gasteiger partial charge on any atom is 0.143 e. The molecule has 1 aliphatic rings. The zero-order valence-electron chi connectivity index (χ0n) is 7.55. The minimum atomic E-state index is 0.504. The summed E-state index contributed by atoms with van der Waals surface area (Å²) in [5.74, 6) is 0.892. The Morgan fingerprint density at radius 2 is 2.38 bits per heavy atom. The van der Waals surface area contributed by atoms with Crippen LogP contribution >= 0.6 is 15.9 Å². The van der Waals surface area contributed by atoms with Crippen LogP contribution in [0.4, 0.5) is 5.82 Å². The smallest absolute Gasteiger partial charge is 0.143 e. The first-order valence-electron chi connectivity index (χ1n) is 4.39. The lowest BCUT2D eigenvalue weighted by atomic mass is 10.1. The molecule has 0 saturated heterocycles. The van der Waals surface area contributed by atoms with Crippen molar-refractivity contribution in [2.45, 2.75) is 19.8 Å². The first-order valence-corrected chi connectivity index (χ1v) is 5.18. The number of halogens is 1. The van der Waals surface area contributed by atoms with E-state index < -0.39 is 0 Å². The fourth-order valence-corrected chi connectivity index (χ4v) is 1.49. The summed E-state index contributed by atoms with van der Waals surface area (Å²) >= 11 is 3.40. The molecule has 1 aliphatic carbocycles. The fourth-order valence-electron chi connectivity index (χ4n) is 1.13. The van der Waals surface area contributed by atoms with Crippen LogP contribution in [0.1, 0.15) is 19.8 Å². The summed E-state index contributed by atoms with van der Waals surface area (Å²) < 4.78 is 0.930. The molecule has 13 heavy (non-hydrogen) atoms. The third kappa shape index (κ3) is 2.18. The van der Waals surface area contributed by atoms with Crippen molar-refractivity contribution >= 4 is 21.7 Å². The molecular formula is C9H12BrN3. The Morgan fingerprint density at radius 3 is 3.00 bits per heavy atom. The molecule has 3 nitrogen and oxygen atoms in total. The van der Waals surface area contributed by atoms with Crippen molar-refractivity contribution < 1.29 is 0 Å². The molecule has 0 amide bonds. The quantitative estimate of drug-likeness (QED) is 0.884. The summed E-state index contributed by atoms with van der Waals surface area (Å²) in [6.45, 7) is 3.29. The maximum atomic E-state index is 4.14. The summed E-state index contributed by atoms with van der Waals surface area (Å²) in [7, 11) is 0. The van der Waals surface area contributed by atoms with Crippen molar-refractivity contribution in [1.82, 2.24) is 9.97 Å². The molecule has 1 aromatic rings. The van der Waals surface area contributed by atoms with Gasteiger partial charge in [-0.25, -0.2) is 9.97 Å². The highest BCUT2D eigenvalue weighted by atomic mass is 79.9. The molecule has 1 N–H and O–H groups in total. The zero-order chi connectivity index (χ0) is 9.31. The zero-order valence-corrected chi connectivity index (χ0v) is 9.13. The Balaban J connectivity index is 1.97. The van der Waals surface area contributed by atoms with Crippen molar-refractivity contribution in [2.24, 2.45) is 5.41 Å². The van der Waals surface area contributed by atoms with Gasteiger partial charge < -0.3 is 5.32 Å². The van der Waals surface area contributed by atoms with E-state index in [0.29, 0.717) is 5.41 Å². The van der Waals surface area contributed by atoms with Gasteiger partial charge in [-0.2, -0.15) is 0 Å². The molecule has 0 spiro atoms. The maximum absolute atomic E-state index is 4.14. The van der Waals surface area contributed by atoms with E-state index in [0.717, 1.165) is 16.8 Å². The standard InChI is InChI=1S/C9H12BrN3/c1-9(2-3-9)5-12-8-7(10)4-11-6-13-8/h4,6H,2-3,5H2,1H3,(H,11,12,13). The van der Waals surface area contributed by atoms with Crippen molar-refractivity contribution in [3.63, 3.8) is 0 Å². The number of aromatic nitrogens is 2. The van der Waals surface area contributed by atoms with Crippen LogP contribution in [0.5, 0.6) is 0 Å². The molecule has 0 aliphatic heterocycles. The van der Waals surface area contributed by atoms with Crippen molar-refractivity contribution in [3.05, 3.63) is 17.0 Å². The van der Waals surface area contributed by atoms with Crippen molar-refractivity contribution in [3.8, 4) is 0 Å². The molecule has 1 heterocycles. The van der Waals surface area contributed by atoms with Crippen LogP contribution in [0.2, 0.25) is 0 Å². The van der Waals surface area contributed by atoms with Gasteiger partial charge in [0.15, 0.2) is 0 Å². The summed E-state index contributed by atoms with van der Waals surface area (Å²) in [6, 6.07) is 0. The van der Waals surface area contributed by atoms with E-state index in [4.69, 9.17) is 0 Å². The number of anilines is 1. The van der Waals surface area contributed by atoms with E-state index in [1.165, 1.54) is 12.8 Å². The number of rotatable bonds is 3. The highest BCUT2D eigenvalue weighted by Gasteiger charge is 2.36. The van der Waals surface area contributed by atoms with Crippen LogP contribution < -0.4 is 5.32 Å². The van der Waals surface area contributed by atoms with E-state index in [2.05, 4.69) is 38.1 Å². The van der Waals surface area contributed by atoms with E-state index in [-0.39, 0.29) is 0 Å². The van der Waals surface area contributed by atoms with Crippen LogP contribution in [0.15, 0.2) is 17.0 Å². The third-order valence-electron chi connectivity index (χ3n) is 2.45. The lowest BCUT2D eigenvalue weighted by molar-refractivity contribution is 0.609.